The van der Waals surface area contributed by atoms with Crippen LogP contribution in [0.5, 0.6) is 0 Å². The Morgan fingerprint density at radius 3 is 2.33 bits per heavy atom. The number of halogens is 3. The van der Waals surface area contributed by atoms with Crippen LogP contribution >= 0.6 is 0 Å². The van der Waals surface area contributed by atoms with Gasteiger partial charge in [-0.1, -0.05) is 13.3 Å². The molecule has 2 atom stereocenters. The van der Waals surface area contributed by atoms with Gasteiger partial charge in [0.1, 0.15) is 11.7 Å². The summed E-state index contributed by atoms with van der Waals surface area (Å²) < 4.78 is 36.4. The zero-order valence-electron chi connectivity index (χ0n) is 6.82. The number of hydrogen-bond donors (Lipinski definition) is 0. The molecule has 0 aromatic heterocycles. The number of alkyl halides is 3. The van der Waals surface area contributed by atoms with E-state index in [1.165, 1.54) is 0 Å². The van der Waals surface area contributed by atoms with Gasteiger partial charge in [0.25, 0.3) is 0 Å². The molecular weight excluding hydrogens is 169 g/mol. The highest BCUT2D eigenvalue weighted by Gasteiger charge is 2.46. The SMILES string of the molecule is C[C@@H]1CCC[C@@H](C(F)(F)F)C1=O. The maximum Gasteiger partial charge on any atom is 0.398 e. The zero-order chi connectivity index (χ0) is 9.35. The Hall–Kier alpha value is -0.540. The maximum atomic E-state index is 12.1. The molecule has 12 heavy (non-hydrogen) atoms. The predicted molar refractivity (Wildman–Crippen MR) is 37.6 cm³/mol. The molecule has 1 aliphatic rings. The Labute approximate surface area is 68.9 Å². The van der Waals surface area contributed by atoms with Crippen molar-refractivity contribution in [1.29, 1.82) is 0 Å². The number of hydrogen-bond acceptors (Lipinski definition) is 1. The molecule has 0 unspecified atom stereocenters. The van der Waals surface area contributed by atoms with Gasteiger partial charge in [-0.25, -0.2) is 0 Å². The van der Waals surface area contributed by atoms with E-state index in [1.807, 2.05) is 0 Å². The topological polar surface area (TPSA) is 17.1 Å². The minimum absolute atomic E-state index is 0.0212. The number of ketones is 1. The third kappa shape index (κ3) is 1.79. The van der Waals surface area contributed by atoms with E-state index in [9.17, 15) is 18.0 Å². The summed E-state index contributed by atoms with van der Waals surface area (Å²) in [7, 11) is 0. The van der Waals surface area contributed by atoms with Gasteiger partial charge in [-0.05, 0) is 12.8 Å². The lowest BCUT2D eigenvalue weighted by Gasteiger charge is -2.26. The fourth-order valence-electron chi connectivity index (χ4n) is 1.58. The maximum absolute atomic E-state index is 12.1. The normalized spacial score (nSPS) is 32.2. The summed E-state index contributed by atoms with van der Waals surface area (Å²) in [5.74, 6) is -2.74. The summed E-state index contributed by atoms with van der Waals surface area (Å²) in [6, 6.07) is 0. The molecule has 0 bridgehead atoms. The summed E-state index contributed by atoms with van der Waals surface area (Å²) in [6.45, 7) is 1.57. The molecular formula is C8H11F3O. The van der Waals surface area contributed by atoms with Crippen molar-refractivity contribution in [2.24, 2.45) is 11.8 Å². The molecule has 1 saturated carbocycles. The standard InChI is InChI=1S/C8H11F3O/c1-5-3-2-4-6(7(5)12)8(9,10)11/h5-6H,2-4H2,1H3/t5-,6-/m1/s1. The van der Waals surface area contributed by atoms with E-state index in [1.54, 1.807) is 6.92 Å². The molecule has 1 aliphatic carbocycles. The second-order valence-electron chi connectivity index (χ2n) is 3.33. The molecule has 0 radical (unpaired) electrons. The van der Waals surface area contributed by atoms with Crippen LogP contribution < -0.4 is 0 Å². The Kier molecular flexibility index (Phi) is 2.44. The summed E-state index contributed by atoms with van der Waals surface area (Å²) in [5.41, 5.74) is 0. The third-order valence-electron chi connectivity index (χ3n) is 2.35. The van der Waals surface area contributed by atoms with Crippen LogP contribution in [0.15, 0.2) is 0 Å². The van der Waals surface area contributed by atoms with E-state index in [-0.39, 0.29) is 6.42 Å². The second-order valence-corrected chi connectivity index (χ2v) is 3.33. The van der Waals surface area contributed by atoms with Crippen LogP contribution in [0.2, 0.25) is 0 Å². The lowest BCUT2D eigenvalue weighted by atomic mass is 9.81. The van der Waals surface area contributed by atoms with Gasteiger partial charge < -0.3 is 0 Å². The molecule has 4 heteroatoms. The fraction of sp³-hybridized carbons (Fsp3) is 0.875. The molecule has 0 aromatic carbocycles. The van der Waals surface area contributed by atoms with Crippen molar-refractivity contribution in [2.45, 2.75) is 32.4 Å². The summed E-state index contributed by atoms with van der Waals surface area (Å²) in [5, 5.41) is 0. The molecule has 0 heterocycles. The van der Waals surface area contributed by atoms with Crippen LogP contribution in [0.4, 0.5) is 13.2 Å². The minimum atomic E-state index is -4.33. The zero-order valence-corrected chi connectivity index (χ0v) is 6.82. The highest BCUT2D eigenvalue weighted by Crippen LogP contribution is 2.37. The molecule has 0 amide bonds. The van der Waals surface area contributed by atoms with Crippen molar-refractivity contribution in [2.75, 3.05) is 0 Å². The van der Waals surface area contributed by atoms with Gasteiger partial charge in [-0.2, -0.15) is 13.2 Å². The average molecular weight is 180 g/mol. The largest absolute Gasteiger partial charge is 0.398 e. The second kappa shape index (κ2) is 3.07. The Bertz CT molecular complexity index is 185. The van der Waals surface area contributed by atoms with Gasteiger partial charge >= 0.3 is 6.18 Å². The smallest absolute Gasteiger partial charge is 0.299 e. The quantitative estimate of drug-likeness (QED) is 0.559. The third-order valence-corrected chi connectivity index (χ3v) is 2.35. The van der Waals surface area contributed by atoms with Crippen LogP contribution in [0.1, 0.15) is 26.2 Å². The van der Waals surface area contributed by atoms with Crippen molar-refractivity contribution >= 4 is 5.78 Å². The van der Waals surface area contributed by atoms with E-state index in [0.29, 0.717) is 12.8 Å². The molecule has 0 aromatic rings. The van der Waals surface area contributed by atoms with E-state index < -0.39 is 23.8 Å². The van der Waals surface area contributed by atoms with E-state index in [4.69, 9.17) is 0 Å². The Morgan fingerprint density at radius 1 is 1.33 bits per heavy atom. The number of carbonyl (C=O) groups is 1. The number of carbonyl (C=O) groups excluding carboxylic acids is 1. The fourth-order valence-corrected chi connectivity index (χ4v) is 1.58. The van der Waals surface area contributed by atoms with Gasteiger partial charge in [0, 0.05) is 5.92 Å². The van der Waals surface area contributed by atoms with Crippen LogP contribution in [-0.2, 0) is 4.79 Å². The van der Waals surface area contributed by atoms with Crippen molar-refractivity contribution in [1.82, 2.24) is 0 Å². The average Bonchev–Trinajstić information content (AvgIpc) is 1.92. The lowest BCUT2D eigenvalue weighted by molar-refractivity contribution is -0.188. The molecule has 70 valence electrons. The molecule has 1 rings (SSSR count). The van der Waals surface area contributed by atoms with E-state index in [2.05, 4.69) is 0 Å². The summed E-state index contributed by atoms with van der Waals surface area (Å²) in [4.78, 5) is 11.1. The molecule has 1 nitrogen and oxygen atoms in total. The van der Waals surface area contributed by atoms with Crippen LogP contribution in [0.25, 0.3) is 0 Å². The molecule has 0 spiro atoms. The van der Waals surface area contributed by atoms with Crippen molar-refractivity contribution < 1.29 is 18.0 Å². The van der Waals surface area contributed by atoms with Gasteiger partial charge in [-0.3, -0.25) is 4.79 Å². The first-order valence-corrected chi connectivity index (χ1v) is 4.03. The lowest BCUT2D eigenvalue weighted by Crippen LogP contribution is -2.37. The number of rotatable bonds is 0. The minimum Gasteiger partial charge on any atom is -0.299 e. The van der Waals surface area contributed by atoms with Crippen molar-refractivity contribution in [3.8, 4) is 0 Å². The molecule has 0 aliphatic heterocycles. The predicted octanol–water partition coefficient (Wildman–Crippen LogP) is 2.55. The van der Waals surface area contributed by atoms with Crippen molar-refractivity contribution in [3.05, 3.63) is 0 Å². The van der Waals surface area contributed by atoms with Crippen LogP contribution in [0.3, 0.4) is 0 Å². The van der Waals surface area contributed by atoms with E-state index in [0.717, 1.165) is 0 Å². The molecule has 0 saturated heterocycles. The highest BCUT2D eigenvalue weighted by atomic mass is 19.4. The summed E-state index contributed by atoms with van der Waals surface area (Å²) in [6.07, 6.45) is -3.24. The summed E-state index contributed by atoms with van der Waals surface area (Å²) >= 11 is 0. The number of Topliss-reactive ketones (excluding diaryl/α,β-unsaturated/α-hetero) is 1. The van der Waals surface area contributed by atoms with Crippen LogP contribution in [-0.4, -0.2) is 12.0 Å². The monoisotopic (exact) mass is 180 g/mol. The van der Waals surface area contributed by atoms with Crippen LogP contribution in [0, 0.1) is 11.8 Å². The van der Waals surface area contributed by atoms with Gasteiger partial charge in [-0.15, -0.1) is 0 Å². The van der Waals surface area contributed by atoms with Gasteiger partial charge in [0.05, 0.1) is 0 Å². The van der Waals surface area contributed by atoms with Gasteiger partial charge in [0.2, 0.25) is 0 Å². The first kappa shape index (κ1) is 9.55. The van der Waals surface area contributed by atoms with Crippen molar-refractivity contribution in [3.63, 3.8) is 0 Å². The van der Waals surface area contributed by atoms with Gasteiger partial charge in [0.15, 0.2) is 0 Å². The van der Waals surface area contributed by atoms with E-state index >= 15 is 0 Å². The highest BCUT2D eigenvalue weighted by molar-refractivity contribution is 5.84. The molecule has 1 fully saturated rings. The molecule has 0 N–H and O–H groups in total. The Morgan fingerprint density at radius 2 is 1.92 bits per heavy atom. The first-order valence-electron chi connectivity index (χ1n) is 4.03. The Balaban J connectivity index is 2.71. The first-order chi connectivity index (χ1) is 5.43.